The Morgan fingerprint density at radius 3 is 2.35 bits per heavy atom. The SMILES string of the molecule is COc1ccc(S(=O)(=O)N2CCOCC2)cc1NC(=O)C1CCN(S(=O)(=O)Cc2ccccc2Cl)CC1. The normalized spacial score (nSPS) is 18.4. The molecule has 0 aromatic heterocycles. The van der Waals surface area contributed by atoms with Gasteiger partial charge in [0, 0.05) is 37.1 Å². The molecule has 0 saturated carbocycles. The monoisotopic (exact) mass is 571 g/mol. The minimum Gasteiger partial charge on any atom is -0.495 e. The first-order valence-electron chi connectivity index (χ1n) is 11.9. The van der Waals surface area contributed by atoms with Crippen molar-refractivity contribution in [2.75, 3.05) is 51.8 Å². The van der Waals surface area contributed by atoms with Crippen molar-refractivity contribution >= 4 is 43.2 Å². The van der Waals surface area contributed by atoms with Crippen molar-refractivity contribution < 1.29 is 31.1 Å². The van der Waals surface area contributed by atoms with Gasteiger partial charge in [-0.1, -0.05) is 29.8 Å². The zero-order valence-corrected chi connectivity index (χ0v) is 22.8. The van der Waals surface area contributed by atoms with Crippen molar-refractivity contribution in [3.63, 3.8) is 0 Å². The quantitative estimate of drug-likeness (QED) is 0.516. The van der Waals surface area contributed by atoms with E-state index in [1.165, 1.54) is 33.9 Å². The highest BCUT2D eigenvalue weighted by molar-refractivity contribution is 7.89. The lowest BCUT2D eigenvalue weighted by Crippen LogP contribution is -2.42. The zero-order valence-electron chi connectivity index (χ0n) is 20.4. The Balaban J connectivity index is 1.41. The number of anilines is 1. The van der Waals surface area contributed by atoms with Gasteiger partial charge in [-0.3, -0.25) is 4.79 Å². The molecule has 2 aromatic rings. The standard InChI is InChI=1S/C24H30ClN3O7S2/c1-34-23-7-6-20(37(32,33)28-12-14-35-15-13-28)16-22(23)26-24(29)18-8-10-27(11-9-18)36(30,31)17-19-4-2-3-5-21(19)25/h2-7,16,18H,8-15,17H2,1H3,(H,26,29). The second-order valence-electron chi connectivity index (χ2n) is 8.89. The molecule has 2 aliphatic rings. The molecule has 2 aliphatic heterocycles. The molecule has 2 heterocycles. The Labute approximate surface area is 222 Å². The van der Waals surface area contributed by atoms with Crippen LogP contribution in [0.2, 0.25) is 5.02 Å². The van der Waals surface area contributed by atoms with Crippen LogP contribution in [-0.4, -0.2) is 77.9 Å². The molecule has 0 radical (unpaired) electrons. The molecule has 1 N–H and O–H groups in total. The topological polar surface area (TPSA) is 122 Å². The van der Waals surface area contributed by atoms with Crippen LogP contribution in [0.15, 0.2) is 47.4 Å². The Morgan fingerprint density at radius 2 is 1.70 bits per heavy atom. The van der Waals surface area contributed by atoms with E-state index in [2.05, 4.69) is 5.32 Å². The number of hydrogen-bond donors (Lipinski definition) is 1. The molecule has 2 aromatic carbocycles. The molecule has 13 heteroatoms. The number of halogens is 1. The maximum Gasteiger partial charge on any atom is 0.243 e. The van der Waals surface area contributed by atoms with E-state index in [1.807, 2.05) is 0 Å². The summed E-state index contributed by atoms with van der Waals surface area (Å²) in [4.78, 5) is 13.1. The molecule has 0 atom stereocenters. The van der Waals surface area contributed by atoms with E-state index in [4.69, 9.17) is 21.1 Å². The minimum atomic E-state index is -3.76. The van der Waals surface area contributed by atoms with E-state index < -0.39 is 26.0 Å². The maximum absolute atomic E-state index is 13.1. The molecule has 10 nitrogen and oxygen atoms in total. The molecule has 1 amide bonds. The molecule has 37 heavy (non-hydrogen) atoms. The van der Waals surface area contributed by atoms with Gasteiger partial charge in [-0.2, -0.15) is 4.31 Å². The van der Waals surface area contributed by atoms with Gasteiger partial charge in [0.15, 0.2) is 0 Å². The number of carbonyl (C=O) groups is 1. The number of carbonyl (C=O) groups excluding carboxylic acids is 1. The number of nitrogens with one attached hydrogen (secondary N) is 1. The lowest BCUT2D eigenvalue weighted by atomic mass is 9.97. The summed E-state index contributed by atoms with van der Waals surface area (Å²) in [7, 11) is -5.92. The summed E-state index contributed by atoms with van der Waals surface area (Å²) in [6, 6.07) is 11.2. The first-order valence-corrected chi connectivity index (χ1v) is 15.3. The minimum absolute atomic E-state index is 0.0472. The van der Waals surface area contributed by atoms with E-state index in [-0.39, 0.29) is 48.4 Å². The number of piperidine rings is 1. The lowest BCUT2D eigenvalue weighted by molar-refractivity contribution is -0.120. The highest BCUT2D eigenvalue weighted by Crippen LogP contribution is 2.31. The van der Waals surface area contributed by atoms with Crippen LogP contribution in [0.1, 0.15) is 18.4 Å². The van der Waals surface area contributed by atoms with E-state index in [9.17, 15) is 21.6 Å². The number of ether oxygens (including phenoxy) is 2. The third-order valence-corrected chi connectivity index (χ3v) is 10.6. The van der Waals surface area contributed by atoms with Crippen molar-refractivity contribution in [2.24, 2.45) is 5.92 Å². The Bertz CT molecular complexity index is 1340. The fourth-order valence-corrected chi connectivity index (χ4v) is 7.73. The van der Waals surface area contributed by atoms with Crippen LogP contribution in [0, 0.1) is 5.92 Å². The molecular weight excluding hydrogens is 542 g/mol. The van der Waals surface area contributed by atoms with Crippen LogP contribution in [-0.2, 0) is 35.3 Å². The molecule has 2 fully saturated rings. The maximum atomic E-state index is 13.1. The van der Waals surface area contributed by atoms with E-state index >= 15 is 0 Å². The highest BCUT2D eigenvalue weighted by atomic mass is 35.5. The van der Waals surface area contributed by atoms with E-state index in [1.54, 1.807) is 24.3 Å². The fourth-order valence-electron chi connectivity index (χ4n) is 4.42. The van der Waals surface area contributed by atoms with Crippen molar-refractivity contribution in [1.29, 1.82) is 0 Å². The van der Waals surface area contributed by atoms with Gasteiger partial charge in [0.1, 0.15) is 5.75 Å². The van der Waals surface area contributed by atoms with Crippen LogP contribution < -0.4 is 10.1 Å². The number of sulfonamides is 2. The van der Waals surface area contributed by atoms with Gasteiger partial charge in [0.25, 0.3) is 0 Å². The summed E-state index contributed by atoms with van der Waals surface area (Å²) in [5, 5.41) is 3.19. The molecule has 202 valence electrons. The number of hydrogen-bond acceptors (Lipinski definition) is 7. The first kappa shape index (κ1) is 27.8. The smallest absolute Gasteiger partial charge is 0.243 e. The second kappa shape index (κ2) is 11.7. The van der Waals surface area contributed by atoms with Crippen molar-refractivity contribution in [2.45, 2.75) is 23.5 Å². The number of methoxy groups -OCH3 is 1. The van der Waals surface area contributed by atoms with Gasteiger partial charge in [-0.25, -0.2) is 21.1 Å². The largest absolute Gasteiger partial charge is 0.495 e. The van der Waals surface area contributed by atoms with Gasteiger partial charge in [-0.15, -0.1) is 0 Å². The number of nitrogens with zero attached hydrogens (tertiary/aromatic N) is 2. The number of morpholine rings is 1. The first-order chi connectivity index (χ1) is 17.6. The Morgan fingerprint density at radius 1 is 1.03 bits per heavy atom. The molecule has 0 bridgehead atoms. The van der Waals surface area contributed by atoms with Crippen molar-refractivity contribution in [1.82, 2.24) is 8.61 Å². The number of amides is 1. The molecular formula is C24H30ClN3O7S2. The second-order valence-corrected chi connectivity index (χ2v) is 13.2. The van der Waals surface area contributed by atoms with Gasteiger partial charge >= 0.3 is 0 Å². The fraction of sp³-hybridized carbons (Fsp3) is 0.458. The van der Waals surface area contributed by atoms with Crippen LogP contribution >= 0.6 is 11.6 Å². The molecule has 0 aliphatic carbocycles. The third-order valence-electron chi connectivity index (χ3n) is 6.55. The number of benzene rings is 2. The van der Waals surface area contributed by atoms with Crippen LogP contribution in [0.5, 0.6) is 5.75 Å². The summed E-state index contributed by atoms with van der Waals surface area (Å²) in [5.74, 6) is -0.627. The summed E-state index contributed by atoms with van der Waals surface area (Å²) in [5.41, 5.74) is 0.777. The Hall–Kier alpha value is -2.22. The van der Waals surface area contributed by atoms with Crippen LogP contribution in [0.4, 0.5) is 5.69 Å². The molecule has 4 rings (SSSR count). The van der Waals surface area contributed by atoms with Crippen LogP contribution in [0.3, 0.4) is 0 Å². The summed E-state index contributed by atoms with van der Waals surface area (Å²) in [6.45, 7) is 1.57. The van der Waals surface area contributed by atoms with Crippen LogP contribution in [0.25, 0.3) is 0 Å². The van der Waals surface area contributed by atoms with E-state index in [0.29, 0.717) is 42.4 Å². The average Bonchev–Trinajstić information content (AvgIpc) is 2.90. The molecule has 2 saturated heterocycles. The lowest BCUT2D eigenvalue weighted by Gasteiger charge is -2.31. The van der Waals surface area contributed by atoms with Gasteiger partial charge in [0.05, 0.1) is 36.7 Å². The Kier molecular flexibility index (Phi) is 8.77. The summed E-state index contributed by atoms with van der Waals surface area (Å²) >= 11 is 6.13. The molecule has 0 unspecified atom stereocenters. The zero-order chi connectivity index (χ0) is 26.6. The van der Waals surface area contributed by atoms with Crippen molar-refractivity contribution in [3.05, 3.63) is 53.1 Å². The highest BCUT2D eigenvalue weighted by Gasteiger charge is 2.32. The van der Waals surface area contributed by atoms with Gasteiger partial charge in [0.2, 0.25) is 26.0 Å². The van der Waals surface area contributed by atoms with Gasteiger partial charge in [-0.05, 0) is 42.7 Å². The average molecular weight is 572 g/mol. The predicted octanol–water partition coefficient (Wildman–Crippen LogP) is 2.55. The third kappa shape index (κ3) is 6.44. The summed E-state index contributed by atoms with van der Waals surface area (Å²) < 4.78 is 65.2. The predicted molar refractivity (Wildman–Crippen MR) is 140 cm³/mol. The van der Waals surface area contributed by atoms with Crippen molar-refractivity contribution in [3.8, 4) is 5.75 Å². The van der Waals surface area contributed by atoms with E-state index in [0.717, 1.165) is 0 Å². The molecule has 0 spiro atoms. The van der Waals surface area contributed by atoms with Gasteiger partial charge < -0.3 is 14.8 Å². The summed E-state index contributed by atoms with van der Waals surface area (Å²) in [6.07, 6.45) is 0.670. The number of rotatable bonds is 8.